The lowest BCUT2D eigenvalue weighted by atomic mass is 10.1. The maximum absolute atomic E-state index is 13.6. The van der Waals surface area contributed by atoms with Gasteiger partial charge in [-0.15, -0.1) is 0 Å². The summed E-state index contributed by atoms with van der Waals surface area (Å²) >= 11 is 11.9. The average molecular weight is 548 g/mol. The molecule has 1 aromatic heterocycles. The molecule has 0 spiro atoms. The Hall–Kier alpha value is -1.89. The zero-order chi connectivity index (χ0) is 25.1. The van der Waals surface area contributed by atoms with Gasteiger partial charge in [-0.1, -0.05) is 34.5 Å². The molecule has 6 nitrogen and oxygen atoms in total. The highest BCUT2D eigenvalue weighted by atomic mass is 35.5. The van der Waals surface area contributed by atoms with Crippen molar-refractivity contribution in [2.24, 2.45) is 0 Å². The zero-order valence-electron chi connectivity index (χ0n) is 17.5. The highest BCUT2D eigenvalue weighted by molar-refractivity contribution is 7.11. The number of carbonyl (C=O) groups is 1. The van der Waals surface area contributed by atoms with Crippen LogP contribution < -0.4 is 14.9 Å². The Morgan fingerprint density at radius 3 is 2.47 bits per heavy atom. The fourth-order valence-corrected chi connectivity index (χ4v) is 4.50. The van der Waals surface area contributed by atoms with Crippen molar-refractivity contribution in [2.45, 2.75) is 37.5 Å². The number of amides is 1. The number of hydrogen-bond acceptors (Lipinski definition) is 5. The topological polar surface area (TPSA) is 74.4 Å². The van der Waals surface area contributed by atoms with Crippen molar-refractivity contribution in [1.29, 1.82) is 0 Å². The van der Waals surface area contributed by atoms with Crippen LogP contribution in [0.3, 0.4) is 0 Å². The molecule has 1 aliphatic heterocycles. The predicted molar refractivity (Wildman–Crippen MR) is 118 cm³/mol. The Labute approximate surface area is 205 Å². The van der Waals surface area contributed by atoms with Gasteiger partial charge in [0, 0.05) is 25.7 Å². The first-order chi connectivity index (χ1) is 15.9. The van der Waals surface area contributed by atoms with Crippen LogP contribution in [0.1, 0.15) is 34.6 Å². The Balaban J connectivity index is 1.43. The summed E-state index contributed by atoms with van der Waals surface area (Å²) in [6.07, 6.45) is -4.01. The lowest BCUT2D eigenvalue weighted by molar-refractivity contribution is -0.290. The number of nitrogens with one attached hydrogen (secondary N) is 2. The van der Waals surface area contributed by atoms with Crippen molar-refractivity contribution in [3.8, 4) is 5.75 Å². The number of aromatic amines is 1. The summed E-state index contributed by atoms with van der Waals surface area (Å²) in [5.74, 6) is -5.88. The summed E-state index contributed by atoms with van der Waals surface area (Å²) in [5.41, 5.74) is -1.74. The minimum atomic E-state index is -5.94. The highest BCUT2D eigenvalue weighted by Crippen LogP contribution is 2.44. The molecule has 3 rings (SSSR count). The number of rotatable bonds is 8. The zero-order valence-corrected chi connectivity index (χ0v) is 19.8. The Morgan fingerprint density at radius 2 is 1.85 bits per heavy atom. The number of nitrogens with zero attached hydrogens (tertiary/aromatic N) is 1. The maximum atomic E-state index is 13.6. The quantitative estimate of drug-likeness (QED) is 0.358. The number of hydrogen-bond donors (Lipinski definition) is 2. The summed E-state index contributed by atoms with van der Waals surface area (Å²) in [6, 6.07) is 5.04. The third-order valence-electron chi connectivity index (χ3n) is 5.19. The molecule has 2 N–H and O–H groups in total. The van der Waals surface area contributed by atoms with Crippen molar-refractivity contribution < 1.29 is 31.5 Å². The van der Waals surface area contributed by atoms with Crippen molar-refractivity contribution in [3.63, 3.8) is 0 Å². The van der Waals surface area contributed by atoms with Gasteiger partial charge in [0.2, 0.25) is 0 Å². The van der Waals surface area contributed by atoms with E-state index < -0.39 is 33.5 Å². The van der Waals surface area contributed by atoms with Crippen LogP contribution in [0.25, 0.3) is 0 Å². The molecule has 1 amide bonds. The maximum Gasteiger partial charge on any atom is 0.459 e. The lowest BCUT2D eigenvalue weighted by Crippen LogP contribution is -2.40. The highest BCUT2D eigenvalue weighted by Gasteiger charge is 2.61. The Morgan fingerprint density at radius 1 is 1.18 bits per heavy atom. The molecule has 0 saturated carbocycles. The molecule has 188 valence electrons. The van der Waals surface area contributed by atoms with E-state index in [1.54, 1.807) is 18.2 Å². The van der Waals surface area contributed by atoms with E-state index in [2.05, 4.69) is 10.2 Å². The Kier molecular flexibility index (Phi) is 8.48. The van der Waals surface area contributed by atoms with Gasteiger partial charge >= 0.3 is 17.0 Å². The molecule has 1 aromatic carbocycles. The SMILES string of the molecule is O=C(NCCCN1CCC(Oc2ccc(Cl)c(Cl)c2)CC1)c1sc(=O)[nH]c1C(F)(F)C(F)(F)F. The number of aromatic nitrogens is 1. The van der Waals surface area contributed by atoms with Crippen LogP contribution in [-0.4, -0.2) is 54.3 Å². The van der Waals surface area contributed by atoms with Crippen molar-refractivity contribution in [3.05, 3.63) is 48.5 Å². The number of benzene rings is 1. The van der Waals surface area contributed by atoms with E-state index in [0.29, 0.717) is 28.8 Å². The standard InChI is InChI=1S/C20H20Cl2F5N3O3S/c21-13-3-2-12(10-14(13)22)33-11-4-8-30(9-5-11)7-1-6-28-17(31)15-16(29-18(32)34-15)19(23,24)20(25,26)27/h2-3,10-11H,1,4-9H2,(H,28,31)(H,29,32). The van der Waals surface area contributed by atoms with E-state index in [0.717, 1.165) is 25.9 Å². The van der Waals surface area contributed by atoms with Crippen LogP contribution in [0.2, 0.25) is 10.0 Å². The fraction of sp³-hybridized carbons (Fsp3) is 0.500. The van der Waals surface area contributed by atoms with Gasteiger partial charge in [-0.2, -0.15) is 22.0 Å². The number of alkyl halides is 5. The average Bonchev–Trinajstić information content (AvgIpc) is 3.16. The molecule has 1 aliphatic rings. The molecule has 1 fully saturated rings. The van der Waals surface area contributed by atoms with Crippen molar-refractivity contribution in [2.75, 3.05) is 26.2 Å². The van der Waals surface area contributed by atoms with Crippen molar-refractivity contribution >= 4 is 40.4 Å². The number of likely N-dealkylation sites (tertiary alicyclic amines) is 1. The lowest BCUT2D eigenvalue weighted by Gasteiger charge is -2.32. The minimum Gasteiger partial charge on any atom is -0.490 e. The van der Waals surface area contributed by atoms with Crippen molar-refractivity contribution in [1.82, 2.24) is 15.2 Å². The van der Waals surface area contributed by atoms with E-state index in [4.69, 9.17) is 27.9 Å². The second kappa shape index (κ2) is 10.8. The monoisotopic (exact) mass is 547 g/mol. The molecule has 0 bridgehead atoms. The summed E-state index contributed by atoms with van der Waals surface area (Å²) in [6.45, 7) is 2.07. The van der Waals surface area contributed by atoms with E-state index >= 15 is 0 Å². The predicted octanol–water partition coefficient (Wildman–Crippen LogP) is 5.06. The second-order valence-electron chi connectivity index (χ2n) is 7.64. The van der Waals surface area contributed by atoms with Gasteiger partial charge in [-0.25, -0.2) is 0 Å². The van der Waals surface area contributed by atoms with Crippen LogP contribution in [0.5, 0.6) is 5.75 Å². The van der Waals surface area contributed by atoms with E-state index in [-0.39, 0.29) is 24.0 Å². The van der Waals surface area contributed by atoms with E-state index in [1.807, 2.05) is 0 Å². The molecular formula is C20H20Cl2F5N3O3S. The first kappa shape index (κ1) is 26.7. The number of carbonyl (C=O) groups excluding carboxylic acids is 1. The van der Waals surface area contributed by atoms with Gasteiger partial charge in [-0.3, -0.25) is 9.59 Å². The first-order valence-corrected chi connectivity index (χ1v) is 11.8. The normalized spacial score (nSPS) is 16.0. The largest absolute Gasteiger partial charge is 0.490 e. The van der Waals surface area contributed by atoms with Crippen LogP contribution >= 0.6 is 34.5 Å². The number of thiazole rings is 1. The van der Waals surface area contributed by atoms with Gasteiger partial charge < -0.3 is 19.9 Å². The van der Waals surface area contributed by atoms with Crippen LogP contribution in [0.15, 0.2) is 23.0 Å². The molecule has 2 aromatic rings. The van der Waals surface area contributed by atoms with Crippen LogP contribution in [0.4, 0.5) is 22.0 Å². The summed E-state index contributed by atoms with van der Waals surface area (Å²) in [5, 5.41) is 3.14. The molecule has 0 atom stereocenters. The summed E-state index contributed by atoms with van der Waals surface area (Å²) in [4.78, 5) is 24.9. The van der Waals surface area contributed by atoms with Crippen LogP contribution in [0, 0.1) is 0 Å². The first-order valence-electron chi connectivity index (χ1n) is 10.2. The molecule has 0 aliphatic carbocycles. The van der Waals surface area contributed by atoms with Gasteiger partial charge in [0.1, 0.15) is 22.4 Å². The summed E-state index contributed by atoms with van der Waals surface area (Å²) in [7, 11) is 0. The second-order valence-corrected chi connectivity index (χ2v) is 9.43. The van der Waals surface area contributed by atoms with Gasteiger partial charge in [0.05, 0.1) is 10.0 Å². The van der Waals surface area contributed by atoms with Gasteiger partial charge in [0.25, 0.3) is 5.91 Å². The van der Waals surface area contributed by atoms with E-state index in [1.165, 1.54) is 4.98 Å². The fourth-order valence-electron chi connectivity index (χ4n) is 3.43. The molecular weight excluding hydrogens is 528 g/mol. The number of halogens is 7. The third-order valence-corrected chi connectivity index (χ3v) is 6.81. The smallest absolute Gasteiger partial charge is 0.459 e. The molecule has 14 heteroatoms. The summed E-state index contributed by atoms with van der Waals surface area (Å²) < 4.78 is 71.1. The number of piperidine rings is 1. The molecule has 34 heavy (non-hydrogen) atoms. The molecule has 1 saturated heterocycles. The molecule has 0 radical (unpaired) electrons. The minimum absolute atomic E-state index is 0.00159. The molecule has 2 heterocycles. The van der Waals surface area contributed by atoms with Gasteiger partial charge in [-0.05, 0) is 37.9 Å². The van der Waals surface area contributed by atoms with Gasteiger partial charge in [0.15, 0.2) is 0 Å². The van der Waals surface area contributed by atoms with Crippen LogP contribution in [-0.2, 0) is 5.92 Å². The van der Waals surface area contributed by atoms with E-state index in [9.17, 15) is 31.5 Å². The molecule has 0 unspecified atom stereocenters. The third kappa shape index (κ3) is 6.41. The number of H-pyrrole nitrogens is 1. The Bertz CT molecular complexity index is 1070. The number of ether oxygens (including phenoxy) is 1.